The van der Waals surface area contributed by atoms with Gasteiger partial charge in [0.1, 0.15) is 0 Å². The first kappa shape index (κ1) is 25.4. The van der Waals surface area contributed by atoms with Crippen molar-refractivity contribution >= 4 is 40.0 Å². The lowest BCUT2D eigenvalue weighted by molar-refractivity contribution is 0.156. The molecule has 0 amide bonds. The zero-order valence-corrected chi connectivity index (χ0v) is 21.3. The fourth-order valence-corrected chi connectivity index (χ4v) is 5.62. The molecule has 1 atom stereocenters. The van der Waals surface area contributed by atoms with Crippen molar-refractivity contribution in [2.45, 2.75) is 52.0 Å². The Kier molecular flexibility index (Phi) is 9.38. The van der Waals surface area contributed by atoms with Crippen LogP contribution in [0.5, 0.6) is 0 Å². The van der Waals surface area contributed by atoms with Gasteiger partial charge in [0.25, 0.3) is 0 Å². The number of likely N-dealkylation sites (tertiary alicyclic amines) is 1. The lowest BCUT2D eigenvalue weighted by Gasteiger charge is -2.25. The molecule has 0 bridgehead atoms. The zero-order valence-electron chi connectivity index (χ0n) is 18.2. The van der Waals surface area contributed by atoms with Crippen molar-refractivity contribution in [3.05, 3.63) is 35.4 Å². The van der Waals surface area contributed by atoms with Crippen molar-refractivity contribution in [2.24, 2.45) is 10.4 Å². The van der Waals surface area contributed by atoms with Crippen molar-refractivity contribution in [1.82, 2.24) is 14.9 Å². The van der Waals surface area contributed by atoms with Crippen LogP contribution in [0.1, 0.15) is 44.7 Å². The van der Waals surface area contributed by atoms with Gasteiger partial charge in [0.2, 0.25) is 10.0 Å². The minimum Gasteiger partial charge on any atom is -0.381 e. The van der Waals surface area contributed by atoms with Crippen LogP contribution in [0, 0.1) is 5.41 Å². The molecule has 1 spiro atoms. The number of guanidine groups is 1. The summed E-state index contributed by atoms with van der Waals surface area (Å²) in [6, 6.07) is 7.53. The Morgan fingerprint density at radius 1 is 1.27 bits per heavy atom. The lowest BCUT2D eigenvalue weighted by Crippen LogP contribution is -2.41. The average molecular weight is 551 g/mol. The van der Waals surface area contributed by atoms with E-state index in [1.165, 1.54) is 0 Å². The van der Waals surface area contributed by atoms with E-state index < -0.39 is 10.0 Å². The van der Waals surface area contributed by atoms with Crippen LogP contribution in [0.25, 0.3) is 0 Å². The van der Waals surface area contributed by atoms with Crippen LogP contribution in [0.3, 0.4) is 0 Å². The third kappa shape index (κ3) is 6.80. The first-order valence-corrected chi connectivity index (χ1v) is 12.2. The molecular formula is C21H35IN4O3S. The van der Waals surface area contributed by atoms with Gasteiger partial charge >= 0.3 is 0 Å². The summed E-state index contributed by atoms with van der Waals surface area (Å²) >= 11 is 0. The largest absolute Gasteiger partial charge is 0.381 e. The average Bonchev–Trinajstić information content (AvgIpc) is 3.28. The maximum atomic E-state index is 12.4. The number of hydrogen-bond donors (Lipinski definition) is 2. The number of ether oxygens (including phenoxy) is 1. The first-order chi connectivity index (χ1) is 13.8. The maximum Gasteiger partial charge on any atom is 0.216 e. The van der Waals surface area contributed by atoms with Gasteiger partial charge in [0, 0.05) is 37.7 Å². The van der Waals surface area contributed by atoms with Gasteiger partial charge in [-0.2, -0.15) is 0 Å². The smallest absolute Gasteiger partial charge is 0.216 e. The molecule has 2 aliphatic heterocycles. The molecule has 0 aliphatic carbocycles. The van der Waals surface area contributed by atoms with Gasteiger partial charge in [-0.3, -0.25) is 0 Å². The number of nitrogens with one attached hydrogen (secondary N) is 2. The second kappa shape index (κ2) is 11.1. The van der Waals surface area contributed by atoms with Gasteiger partial charge in [-0.05, 0) is 44.7 Å². The van der Waals surface area contributed by atoms with Gasteiger partial charge in [0.05, 0.1) is 18.9 Å². The van der Waals surface area contributed by atoms with Crippen molar-refractivity contribution in [2.75, 3.05) is 32.8 Å². The highest BCUT2D eigenvalue weighted by Gasteiger charge is 2.42. The molecule has 2 saturated heterocycles. The normalized spacial score (nSPS) is 22.0. The molecule has 0 aromatic heterocycles. The van der Waals surface area contributed by atoms with E-state index in [2.05, 4.69) is 21.9 Å². The molecule has 1 aromatic rings. The van der Waals surface area contributed by atoms with Crippen LogP contribution in [-0.4, -0.2) is 58.2 Å². The van der Waals surface area contributed by atoms with Gasteiger partial charge in [-0.15, -0.1) is 24.0 Å². The van der Waals surface area contributed by atoms with E-state index in [4.69, 9.17) is 9.73 Å². The molecule has 2 fully saturated rings. The molecule has 0 radical (unpaired) electrons. The number of rotatable bonds is 7. The number of sulfonamides is 1. The number of halogens is 1. The van der Waals surface area contributed by atoms with E-state index >= 15 is 0 Å². The predicted octanol–water partition coefficient (Wildman–Crippen LogP) is 2.71. The minimum atomic E-state index is -3.37. The summed E-state index contributed by atoms with van der Waals surface area (Å²) in [6.07, 6.45) is 2.25. The highest BCUT2D eigenvalue weighted by Crippen LogP contribution is 2.38. The molecule has 1 unspecified atom stereocenters. The summed E-state index contributed by atoms with van der Waals surface area (Å²) < 4.78 is 33.0. The third-order valence-corrected chi connectivity index (χ3v) is 7.06. The number of benzene rings is 1. The molecule has 170 valence electrons. The fourth-order valence-electron chi connectivity index (χ4n) is 4.13. The molecule has 2 N–H and O–H groups in total. The third-order valence-electron chi connectivity index (χ3n) is 5.54. The van der Waals surface area contributed by atoms with Gasteiger partial charge < -0.3 is 15.0 Å². The zero-order chi connectivity index (χ0) is 20.9. The van der Waals surface area contributed by atoms with Crippen LogP contribution in [0.4, 0.5) is 0 Å². The summed E-state index contributed by atoms with van der Waals surface area (Å²) in [4.78, 5) is 7.16. The second-order valence-electron chi connectivity index (χ2n) is 8.44. The quantitative estimate of drug-likeness (QED) is 0.310. The maximum absolute atomic E-state index is 12.4. The van der Waals surface area contributed by atoms with Crippen LogP contribution in [0.2, 0.25) is 0 Å². The number of hydrogen-bond acceptors (Lipinski definition) is 4. The van der Waals surface area contributed by atoms with Crippen LogP contribution < -0.4 is 10.0 Å². The summed E-state index contributed by atoms with van der Waals surface area (Å²) in [5.41, 5.74) is 2.00. The van der Waals surface area contributed by atoms with E-state index in [1.807, 2.05) is 38.1 Å². The Morgan fingerprint density at radius 3 is 2.63 bits per heavy atom. The minimum absolute atomic E-state index is 0. The Labute approximate surface area is 198 Å². The van der Waals surface area contributed by atoms with Crippen LogP contribution in [0.15, 0.2) is 29.3 Å². The molecular weight excluding hydrogens is 515 g/mol. The Bertz CT molecular complexity index is 823. The topological polar surface area (TPSA) is 83.0 Å². The molecule has 2 heterocycles. The SMILES string of the molecule is CCNC(=NCc1ccccc1CS(=O)(=O)NC(C)C)N1CCC2(CCOC2)C1.I. The highest BCUT2D eigenvalue weighted by molar-refractivity contribution is 14.0. The van der Waals surface area contributed by atoms with Gasteiger partial charge in [0.15, 0.2) is 5.96 Å². The van der Waals surface area contributed by atoms with Gasteiger partial charge in [-0.25, -0.2) is 18.1 Å². The number of nitrogens with zero attached hydrogens (tertiary/aromatic N) is 2. The van der Waals surface area contributed by atoms with E-state index in [0.29, 0.717) is 6.54 Å². The van der Waals surface area contributed by atoms with Crippen molar-refractivity contribution in [1.29, 1.82) is 0 Å². The van der Waals surface area contributed by atoms with E-state index in [1.54, 1.807) is 0 Å². The molecule has 30 heavy (non-hydrogen) atoms. The molecule has 7 nitrogen and oxygen atoms in total. The van der Waals surface area contributed by atoms with E-state index in [9.17, 15) is 8.42 Å². The summed E-state index contributed by atoms with van der Waals surface area (Å²) in [5, 5.41) is 3.40. The number of aliphatic imine (C=N–C) groups is 1. The monoisotopic (exact) mass is 550 g/mol. The standard InChI is InChI=1S/C21H34N4O3S.HI/c1-4-22-20(25-11-9-21(15-25)10-12-28-16-21)23-13-18-7-5-6-8-19(18)14-29(26,27)24-17(2)3;/h5-8,17,24H,4,9-16H2,1-3H3,(H,22,23);1H. The van der Waals surface area contributed by atoms with Crippen molar-refractivity contribution in [3.8, 4) is 0 Å². The highest BCUT2D eigenvalue weighted by atomic mass is 127. The van der Waals surface area contributed by atoms with Crippen LogP contribution >= 0.6 is 24.0 Å². The molecule has 1 aromatic carbocycles. The molecule has 3 rings (SSSR count). The summed E-state index contributed by atoms with van der Waals surface area (Å²) in [7, 11) is -3.37. The Morgan fingerprint density at radius 2 is 2.00 bits per heavy atom. The van der Waals surface area contributed by atoms with Crippen molar-refractivity contribution in [3.63, 3.8) is 0 Å². The Hall–Kier alpha value is -0.910. The predicted molar refractivity (Wildman–Crippen MR) is 132 cm³/mol. The van der Waals surface area contributed by atoms with Crippen molar-refractivity contribution < 1.29 is 13.2 Å². The lowest BCUT2D eigenvalue weighted by atomic mass is 9.87. The second-order valence-corrected chi connectivity index (χ2v) is 10.2. The summed E-state index contributed by atoms with van der Waals surface area (Å²) in [6.45, 7) is 10.6. The molecule has 2 aliphatic rings. The molecule has 0 saturated carbocycles. The fraction of sp³-hybridized carbons (Fsp3) is 0.667. The van der Waals surface area contributed by atoms with E-state index in [-0.39, 0.29) is 41.2 Å². The summed E-state index contributed by atoms with van der Waals surface area (Å²) in [5.74, 6) is 0.867. The molecule has 9 heteroatoms. The Balaban J connectivity index is 0.00000320. The van der Waals surface area contributed by atoms with Gasteiger partial charge in [-0.1, -0.05) is 24.3 Å². The van der Waals surface area contributed by atoms with E-state index in [0.717, 1.165) is 62.8 Å². The first-order valence-electron chi connectivity index (χ1n) is 10.5. The van der Waals surface area contributed by atoms with Crippen LogP contribution in [-0.2, 0) is 27.1 Å².